The third-order valence-electron chi connectivity index (χ3n) is 8.29. The normalized spacial score (nSPS) is 16.1. The van der Waals surface area contributed by atoms with Gasteiger partial charge in [-0.3, -0.25) is 9.59 Å². The number of sulfonamides is 1. The van der Waals surface area contributed by atoms with Gasteiger partial charge in [0.25, 0.3) is 0 Å². The fourth-order valence-corrected chi connectivity index (χ4v) is 7.01. The highest BCUT2D eigenvalue weighted by Crippen LogP contribution is 2.43. The number of nitrogens with one attached hydrogen (secondary N) is 1. The summed E-state index contributed by atoms with van der Waals surface area (Å²) in [6.07, 6.45) is 6.85. The minimum atomic E-state index is -3.74. The van der Waals surface area contributed by atoms with E-state index in [1.165, 1.54) is 33.2 Å². The summed E-state index contributed by atoms with van der Waals surface area (Å²) in [4.78, 5) is 41.5. The maximum atomic E-state index is 12.8. The summed E-state index contributed by atoms with van der Waals surface area (Å²) in [5, 5.41) is 0.884. The van der Waals surface area contributed by atoms with Crippen molar-refractivity contribution >= 4 is 38.4 Å². The maximum absolute atomic E-state index is 12.8. The van der Waals surface area contributed by atoms with E-state index in [4.69, 9.17) is 4.74 Å². The Bertz CT molecular complexity index is 1920. The van der Waals surface area contributed by atoms with Gasteiger partial charge in [0.2, 0.25) is 21.8 Å². The number of ether oxygens (including phenoxy) is 1. The molecule has 1 amide bonds. The number of benzene rings is 2. The molecule has 11 nitrogen and oxygen atoms in total. The molecule has 2 aliphatic heterocycles. The zero-order chi connectivity index (χ0) is 31.1. The van der Waals surface area contributed by atoms with Crippen molar-refractivity contribution < 1.29 is 22.7 Å². The van der Waals surface area contributed by atoms with Gasteiger partial charge < -0.3 is 14.5 Å². The van der Waals surface area contributed by atoms with Crippen LogP contribution in [0, 0.1) is 5.41 Å². The highest BCUT2D eigenvalue weighted by atomic mass is 32.2. The molecular formula is C32H32N6O5S. The van der Waals surface area contributed by atoms with Crippen molar-refractivity contribution in [3.63, 3.8) is 0 Å². The molecule has 2 aromatic heterocycles. The van der Waals surface area contributed by atoms with Crippen LogP contribution in [0.1, 0.15) is 13.3 Å². The van der Waals surface area contributed by atoms with Crippen molar-refractivity contribution in [2.45, 2.75) is 18.2 Å². The van der Waals surface area contributed by atoms with Crippen LogP contribution in [-0.4, -0.2) is 80.3 Å². The number of anilines is 1. The molecule has 0 aliphatic carbocycles. The number of hydrogen-bond donors (Lipinski definition) is 1. The first kappa shape index (κ1) is 29.4. The monoisotopic (exact) mass is 612 g/mol. The number of carbonyl (C=O) groups excluding carboxylic acids is 2. The van der Waals surface area contributed by atoms with E-state index < -0.39 is 10.0 Å². The lowest BCUT2D eigenvalue weighted by atomic mass is 9.79. The number of nitrogens with zero attached hydrogens (tertiary/aromatic N) is 5. The fourth-order valence-electron chi connectivity index (χ4n) is 6.06. The minimum absolute atomic E-state index is 0.00944. The van der Waals surface area contributed by atoms with Crippen molar-refractivity contribution in [1.82, 2.24) is 24.6 Å². The Morgan fingerprint density at radius 2 is 1.77 bits per heavy atom. The van der Waals surface area contributed by atoms with Crippen LogP contribution < -0.4 is 14.4 Å². The van der Waals surface area contributed by atoms with E-state index in [9.17, 15) is 18.0 Å². The van der Waals surface area contributed by atoms with Crippen LogP contribution >= 0.6 is 0 Å². The zero-order valence-electron chi connectivity index (χ0n) is 24.6. The third-order valence-corrected chi connectivity index (χ3v) is 9.76. The maximum Gasteiger partial charge on any atom is 0.246 e. The summed E-state index contributed by atoms with van der Waals surface area (Å²) in [5.41, 5.74) is 3.46. The third kappa shape index (κ3) is 5.42. The Morgan fingerprint density at radius 1 is 0.977 bits per heavy atom. The zero-order valence-corrected chi connectivity index (χ0v) is 25.5. The van der Waals surface area contributed by atoms with E-state index in [0.717, 1.165) is 47.4 Å². The van der Waals surface area contributed by atoms with Gasteiger partial charge in [-0.05, 0) is 56.3 Å². The molecule has 4 heterocycles. The van der Waals surface area contributed by atoms with E-state index in [2.05, 4.69) is 24.6 Å². The van der Waals surface area contributed by atoms with Crippen LogP contribution in [0.25, 0.3) is 33.2 Å². The molecule has 6 rings (SSSR count). The van der Waals surface area contributed by atoms with E-state index in [1.807, 2.05) is 24.3 Å². The molecular weight excluding hydrogens is 580 g/mol. The van der Waals surface area contributed by atoms with Crippen LogP contribution in [0.5, 0.6) is 5.88 Å². The fraction of sp³-hybridized carbons (Fsp3) is 0.281. The highest BCUT2D eigenvalue weighted by molar-refractivity contribution is 7.89. The number of methoxy groups -OCH3 is 1. The lowest BCUT2D eigenvalue weighted by molar-refractivity contribution is -0.136. The Balaban J connectivity index is 1.32. The van der Waals surface area contributed by atoms with Crippen LogP contribution in [-0.2, 0) is 19.6 Å². The molecule has 1 spiro atoms. The molecule has 2 aliphatic rings. The average molecular weight is 613 g/mol. The Morgan fingerprint density at radius 3 is 2.52 bits per heavy atom. The standard InChI is InChI=1S/C32H32N6O5S/c1-21(39)8-11-29(40)38-18-32(19-38)12-13-37(17-32)30-26-14-22(9-10-27(26)35-20-36-30)23-15-25(31(43-3)34-16-23)24-6-4-5-7-28(24)44(41,42)33-2/h4-11,14-16,20,33H,12-13,17-19H2,1-3H3. The van der Waals surface area contributed by atoms with Gasteiger partial charge in [0.1, 0.15) is 12.1 Å². The second-order valence-electron chi connectivity index (χ2n) is 11.2. The SMILES string of the molecule is CNS(=O)(=O)c1ccccc1-c1cc(-c2ccc3ncnc(N4CCC5(CN(C(=O)C=CC(C)=O)C5)C4)c3c2)cnc1OC. The van der Waals surface area contributed by atoms with E-state index in [0.29, 0.717) is 30.1 Å². The smallest absolute Gasteiger partial charge is 0.246 e. The summed E-state index contributed by atoms with van der Waals surface area (Å²) in [6, 6.07) is 14.5. The molecule has 2 aromatic carbocycles. The molecule has 1 N–H and O–H groups in total. The van der Waals surface area contributed by atoms with Gasteiger partial charge in [0, 0.05) is 65.9 Å². The molecule has 0 radical (unpaired) electrons. The van der Waals surface area contributed by atoms with Crippen LogP contribution in [0.3, 0.4) is 0 Å². The van der Waals surface area contributed by atoms with Crippen molar-refractivity contribution in [1.29, 1.82) is 0 Å². The van der Waals surface area contributed by atoms with E-state index >= 15 is 0 Å². The quantitative estimate of drug-likeness (QED) is 0.297. The number of hydrogen-bond acceptors (Lipinski definition) is 9. The molecule has 0 atom stereocenters. The summed E-state index contributed by atoms with van der Waals surface area (Å²) < 4.78 is 33.5. The second-order valence-corrected chi connectivity index (χ2v) is 13.1. The van der Waals surface area contributed by atoms with Gasteiger partial charge in [0.05, 0.1) is 17.5 Å². The predicted molar refractivity (Wildman–Crippen MR) is 167 cm³/mol. The largest absolute Gasteiger partial charge is 0.481 e. The number of rotatable bonds is 8. The van der Waals surface area contributed by atoms with E-state index in [-0.39, 0.29) is 22.0 Å². The molecule has 0 bridgehead atoms. The first-order chi connectivity index (χ1) is 21.1. The lowest BCUT2D eigenvalue weighted by Crippen LogP contribution is -2.59. The van der Waals surface area contributed by atoms with Crippen molar-refractivity contribution in [2.24, 2.45) is 5.41 Å². The van der Waals surface area contributed by atoms with Gasteiger partial charge >= 0.3 is 0 Å². The first-order valence-electron chi connectivity index (χ1n) is 14.2. The summed E-state index contributed by atoms with van der Waals surface area (Å²) in [5.74, 6) is 0.843. The number of fused-ring (bicyclic) bond motifs is 1. The molecule has 0 saturated carbocycles. The highest BCUT2D eigenvalue weighted by Gasteiger charge is 2.49. The molecule has 2 saturated heterocycles. The van der Waals surface area contributed by atoms with Gasteiger partial charge in [-0.15, -0.1) is 0 Å². The van der Waals surface area contributed by atoms with Gasteiger partial charge in [-0.25, -0.2) is 28.1 Å². The van der Waals surface area contributed by atoms with Gasteiger partial charge in [0.15, 0.2) is 5.78 Å². The van der Waals surface area contributed by atoms with Crippen LogP contribution in [0.4, 0.5) is 5.82 Å². The first-order valence-corrected chi connectivity index (χ1v) is 15.7. The van der Waals surface area contributed by atoms with E-state index in [1.54, 1.807) is 41.7 Å². The number of aromatic nitrogens is 3. The molecule has 44 heavy (non-hydrogen) atoms. The number of pyridine rings is 1. The van der Waals surface area contributed by atoms with Gasteiger partial charge in [-0.1, -0.05) is 24.3 Å². The minimum Gasteiger partial charge on any atom is -0.481 e. The number of amides is 1. The summed E-state index contributed by atoms with van der Waals surface area (Å²) in [6.45, 7) is 4.27. The summed E-state index contributed by atoms with van der Waals surface area (Å²) >= 11 is 0. The van der Waals surface area contributed by atoms with Crippen molar-refractivity contribution in [2.75, 3.05) is 45.2 Å². The second kappa shape index (κ2) is 11.4. The molecule has 2 fully saturated rings. The van der Waals surface area contributed by atoms with Crippen LogP contribution in [0.2, 0.25) is 0 Å². The topological polar surface area (TPSA) is 135 Å². The predicted octanol–water partition coefficient (Wildman–Crippen LogP) is 3.46. The lowest BCUT2D eigenvalue weighted by Gasteiger charge is -2.47. The Labute approximate surface area is 255 Å². The number of likely N-dealkylation sites (tertiary alicyclic amines) is 1. The van der Waals surface area contributed by atoms with Gasteiger partial charge in [-0.2, -0.15) is 0 Å². The number of carbonyl (C=O) groups is 2. The van der Waals surface area contributed by atoms with Crippen LogP contribution in [0.15, 0.2) is 78.1 Å². The molecule has 4 aromatic rings. The van der Waals surface area contributed by atoms with Crippen molar-refractivity contribution in [3.8, 4) is 28.1 Å². The Hall–Kier alpha value is -4.68. The number of allylic oxidation sites excluding steroid dienone is 1. The molecule has 12 heteroatoms. The van der Waals surface area contributed by atoms with Crippen molar-refractivity contribution in [3.05, 3.63) is 73.2 Å². The summed E-state index contributed by atoms with van der Waals surface area (Å²) in [7, 11) is -0.857. The molecule has 0 unspecified atom stereocenters. The number of ketones is 1. The molecule has 226 valence electrons. The average Bonchev–Trinajstić information content (AvgIpc) is 3.48. The Kier molecular flexibility index (Phi) is 7.64.